The third-order valence-corrected chi connectivity index (χ3v) is 5.50. The normalized spacial score (nSPS) is 14.8. The SMILES string of the molecule is CCOc1c(Cl)cc(/C=C2/SC(=O)N(CC(=O)Nc3cccc(C)c3)C2=O)cc1OC. The number of nitrogens with zero attached hydrogens (tertiary/aromatic N) is 1. The monoisotopic (exact) mass is 460 g/mol. The Balaban J connectivity index is 1.76. The minimum atomic E-state index is -0.543. The minimum absolute atomic E-state index is 0.190. The van der Waals surface area contributed by atoms with Gasteiger partial charge in [0.25, 0.3) is 11.1 Å². The van der Waals surface area contributed by atoms with Crippen molar-refractivity contribution in [3.05, 3.63) is 57.5 Å². The lowest BCUT2D eigenvalue weighted by molar-refractivity contribution is -0.127. The molecule has 2 aromatic rings. The average Bonchev–Trinajstić information content (AvgIpc) is 2.97. The number of nitrogens with one attached hydrogen (secondary N) is 1. The molecular formula is C22H21ClN2O5S. The highest BCUT2D eigenvalue weighted by molar-refractivity contribution is 8.18. The van der Waals surface area contributed by atoms with Gasteiger partial charge >= 0.3 is 0 Å². The Labute approximate surface area is 189 Å². The molecule has 1 aliphatic heterocycles. The number of benzene rings is 2. The lowest BCUT2D eigenvalue weighted by Crippen LogP contribution is -2.36. The van der Waals surface area contributed by atoms with Crippen molar-refractivity contribution in [1.82, 2.24) is 4.90 Å². The maximum absolute atomic E-state index is 12.7. The summed E-state index contributed by atoms with van der Waals surface area (Å²) in [6, 6.07) is 10.5. The van der Waals surface area contributed by atoms with Crippen LogP contribution in [0.15, 0.2) is 41.3 Å². The van der Waals surface area contributed by atoms with Gasteiger partial charge in [0.2, 0.25) is 5.91 Å². The predicted octanol–water partition coefficient (Wildman–Crippen LogP) is 4.73. The fraction of sp³-hybridized carbons (Fsp3) is 0.227. The number of halogens is 1. The van der Waals surface area contributed by atoms with Crippen LogP contribution in [0.4, 0.5) is 10.5 Å². The van der Waals surface area contributed by atoms with Crippen molar-refractivity contribution in [2.24, 2.45) is 0 Å². The van der Waals surface area contributed by atoms with E-state index in [0.29, 0.717) is 34.4 Å². The molecule has 1 saturated heterocycles. The van der Waals surface area contributed by atoms with Crippen LogP contribution in [0.2, 0.25) is 5.02 Å². The van der Waals surface area contributed by atoms with Crippen molar-refractivity contribution in [3.63, 3.8) is 0 Å². The number of imide groups is 1. The van der Waals surface area contributed by atoms with Crippen molar-refractivity contribution in [2.45, 2.75) is 13.8 Å². The second-order valence-corrected chi connectivity index (χ2v) is 8.05. The van der Waals surface area contributed by atoms with Crippen LogP contribution in [-0.4, -0.2) is 42.2 Å². The zero-order chi connectivity index (χ0) is 22.5. The Morgan fingerprint density at radius 3 is 2.71 bits per heavy atom. The smallest absolute Gasteiger partial charge is 0.294 e. The second-order valence-electron chi connectivity index (χ2n) is 6.65. The summed E-state index contributed by atoms with van der Waals surface area (Å²) in [7, 11) is 1.48. The number of hydrogen-bond donors (Lipinski definition) is 1. The number of thioether (sulfide) groups is 1. The van der Waals surface area contributed by atoms with Crippen molar-refractivity contribution in [2.75, 3.05) is 25.6 Å². The number of amides is 3. The third kappa shape index (κ3) is 5.39. The molecule has 1 N–H and O–H groups in total. The molecule has 162 valence electrons. The summed E-state index contributed by atoms with van der Waals surface area (Å²) in [5.74, 6) is -0.180. The van der Waals surface area contributed by atoms with Crippen LogP contribution < -0.4 is 14.8 Å². The molecule has 2 aromatic carbocycles. The molecule has 3 amide bonds. The summed E-state index contributed by atoms with van der Waals surface area (Å²) in [6.45, 7) is 3.77. The number of rotatable bonds is 7. The van der Waals surface area contributed by atoms with Crippen LogP contribution in [0.3, 0.4) is 0 Å². The van der Waals surface area contributed by atoms with Gasteiger partial charge in [0.15, 0.2) is 11.5 Å². The van der Waals surface area contributed by atoms with E-state index in [1.54, 1.807) is 24.3 Å². The Bertz CT molecular complexity index is 1070. The fourth-order valence-corrected chi connectivity index (χ4v) is 4.07. The van der Waals surface area contributed by atoms with E-state index in [1.807, 2.05) is 26.0 Å². The van der Waals surface area contributed by atoms with E-state index in [4.69, 9.17) is 21.1 Å². The van der Waals surface area contributed by atoms with Crippen LogP contribution in [0, 0.1) is 6.92 Å². The van der Waals surface area contributed by atoms with E-state index in [9.17, 15) is 14.4 Å². The molecule has 0 aromatic heterocycles. The third-order valence-electron chi connectivity index (χ3n) is 4.32. The summed E-state index contributed by atoms with van der Waals surface area (Å²) in [4.78, 5) is 38.5. The van der Waals surface area contributed by atoms with E-state index in [0.717, 1.165) is 22.2 Å². The minimum Gasteiger partial charge on any atom is -0.493 e. The van der Waals surface area contributed by atoms with Crippen molar-refractivity contribution in [1.29, 1.82) is 0 Å². The van der Waals surface area contributed by atoms with Crippen molar-refractivity contribution >= 4 is 52.2 Å². The van der Waals surface area contributed by atoms with Gasteiger partial charge in [-0.05, 0) is 67.1 Å². The first-order valence-electron chi connectivity index (χ1n) is 9.44. The van der Waals surface area contributed by atoms with Crippen LogP contribution in [0.5, 0.6) is 11.5 Å². The van der Waals surface area contributed by atoms with Gasteiger partial charge in [-0.2, -0.15) is 0 Å². The van der Waals surface area contributed by atoms with Gasteiger partial charge in [-0.3, -0.25) is 19.3 Å². The summed E-state index contributed by atoms with van der Waals surface area (Å²) in [6.07, 6.45) is 1.54. The summed E-state index contributed by atoms with van der Waals surface area (Å²) in [5, 5.41) is 2.50. The largest absolute Gasteiger partial charge is 0.493 e. The molecule has 0 aliphatic carbocycles. The van der Waals surface area contributed by atoms with Crippen LogP contribution in [0.25, 0.3) is 6.08 Å². The van der Waals surface area contributed by atoms with Gasteiger partial charge < -0.3 is 14.8 Å². The topological polar surface area (TPSA) is 84.9 Å². The number of anilines is 1. The van der Waals surface area contributed by atoms with E-state index >= 15 is 0 Å². The number of methoxy groups -OCH3 is 1. The highest BCUT2D eigenvalue weighted by atomic mass is 35.5. The Hall–Kier alpha value is -2.97. The van der Waals surface area contributed by atoms with Gasteiger partial charge in [-0.1, -0.05) is 23.7 Å². The summed E-state index contributed by atoms with van der Waals surface area (Å²) >= 11 is 7.04. The maximum Gasteiger partial charge on any atom is 0.294 e. The average molecular weight is 461 g/mol. The lowest BCUT2D eigenvalue weighted by Gasteiger charge is -2.13. The molecule has 9 heteroatoms. The van der Waals surface area contributed by atoms with Gasteiger partial charge in [0.1, 0.15) is 6.54 Å². The molecular weight excluding hydrogens is 440 g/mol. The van der Waals surface area contributed by atoms with E-state index in [1.165, 1.54) is 13.2 Å². The number of hydrogen-bond acceptors (Lipinski definition) is 6. The van der Waals surface area contributed by atoms with Gasteiger partial charge in [0.05, 0.1) is 23.6 Å². The molecule has 0 radical (unpaired) electrons. The van der Waals surface area contributed by atoms with Gasteiger partial charge in [-0.15, -0.1) is 0 Å². The molecule has 0 spiro atoms. The predicted molar refractivity (Wildman–Crippen MR) is 122 cm³/mol. The fourth-order valence-electron chi connectivity index (χ4n) is 2.96. The molecule has 0 saturated carbocycles. The zero-order valence-electron chi connectivity index (χ0n) is 17.2. The highest BCUT2D eigenvalue weighted by Gasteiger charge is 2.36. The Kier molecular flexibility index (Phi) is 7.25. The number of aryl methyl sites for hydroxylation is 1. The maximum atomic E-state index is 12.7. The van der Waals surface area contributed by atoms with Crippen molar-refractivity contribution < 1.29 is 23.9 Å². The first kappa shape index (κ1) is 22.7. The molecule has 3 rings (SSSR count). The van der Waals surface area contributed by atoms with Crippen molar-refractivity contribution in [3.8, 4) is 11.5 Å². The molecule has 1 heterocycles. The quantitative estimate of drug-likeness (QED) is 0.601. The van der Waals surface area contributed by atoms with E-state index in [2.05, 4.69) is 5.32 Å². The number of carbonyl (C=O) groups excluding carboxylic acids is 3. The molecule has 1 aliphatic rings. The van der Waals surface area contributed by atoms with Crippen LogP contribution in [0.1, 0.15) is 18.1 Å². The molecule has 0 unspecified atom stereocenters. The first-order valence-corrected chi connectivity index (χ1v) is 10.6. The molecule has 0 atom stereocenters. The van der Waals surface area contributed by atoms with Crippen LogP contribution in [-0.2, 0) is 9.59 Å². The molecule has 0 bridgehead atoms. The number of ether oxygens (including phenoxy) is 2. The highest BCUT2D eigenvalue weighted by Crippen LogP contribution is 2.38. The van der Waals surface area contributed by atoms with E-state index < -0.39 is 17.1 Å². The summed E-state index contributed by atoms with van der Waals surface area (Å²) in [5.41, 5.74) is 2.15. The zero-order valence-corrected chi connectivity index (χ0v) is 18.8. The molecule has 7 nitrogen and oxygen atoms in total. The lowest BCUT2D eigenvalue weighted by atomic mass is 10.1. The molecule has 31 heavy (non-hydrogen) atoms. The Morgan fingerprint density at radius 1 is 1.26 bits per heavy atom. The van der Waals surface area contributed by atoms with E-state index in [-0.39, 0.29) is 11.4 Å². The van der Waals surface area contributed by atoms with Gasteiger partial charge in [0, 0.05) is 5.69 Å². The summed E-state index contributed by atoms with van der Waals surface area (Å²) < 4.78 is 10.8. The van der Waals surface area contributed by atoms with Gasteiger partial charge in [-0.25, -0.2) is 0 Å². The van der Waals surface area contributed by atoms with Crippen LogP contribution >= 0.6 is 23.4 Å². The first-order chi connectivity index (χ1) is 14.8. The number of carbonyl (C=O) groups is 3. The standard InChI is InChI=1S/C22H21ClN2O5S/c1-4-30-20-16(23)9-14(10-17(20)29-3)11-18-21(27)25(22(28)31-18)12-19(26)24-15-7-5-6-13(2)8-15/h5-11H,4,12H2,1-3H3,(H,24,26)/b18-11+. The molecule has 1 fully saturated rings. The second kappa shape index (κ2) is 9.89. The Morgan fingerprint density at radius 2 is 2.03 bits per heavy atom.